The van der Waals surface area contributed by atoms with Gasteiger partial charge < -0.3 is 5.32 Å². The highest BCUT2D eigenvalue weighted by Gasteiger charge is 2.14. The fourth-order valence-corrected chi connectivity index (χ4v) is 2.53. The number of carbonyl (C=O) groups excluding carboxylic acids is 1. The maximum atomic E-state index is 12.2. The number of carbonyl (C=O) groups is 1. The summed E-state index contributed by atoms with van der Waals surface area (Å²) in [6.45, 7) is 10.1. The number of aromatic nitrogens is 2. The van der Waals surface area contributed by atoms with Crippen LogP contribution in [-0.2, 0) is 4.79 Å². The molecule has 0 aliphatic heterocycles. The lowest BCUT2D eigenvalue weighted by Crippen LogP contribution is -2.19. The second-order valence-corrected chi connectivity index (χ2v) is 5.72. The maximum Gasteiger partial charge on any atom is 0.226 e. The Morgan fingerprint density at radius 1 is 1.29 bits per heavy atom. The van der Waals surface area contributed by atoms with Crippen LogP contribution in [0.15, 0.2) is 24.3 Å². The van der Waals surface area contributed by atoms with E-state index in [9.17, 15) is 4.79 Å². The van der Waals surface area contributed by atoms with Crippen LogP contribution in [-0.4, -0.2) is 15.7 Å². The van der Waals surface area contributed by atoms with E-state index < -0.39 is 0 Å². The fraction of sp³-hybridized carbons (Fsp3) is 0.412. The van der Waals surface area contributed by atoms with E-state index in [2.05, 4.69) is 10.4 Å². The number of benzene rings is 1. The first-order chi connectivity index (χ1) is 9.88. The topological polar surface area (TPSA) is 46.9 Å². The second kappa shape index (κ2) is 6.12. The minimum absolute atomic E-state index is 0.0174. The molecule has 2 rings (SSSR count). The van der Waals surface area contributed by atoms with Crippen LogP contribution in [0, 0.1) is 27.7 Å². The minimum atomic E-state index is 0.0174. The van der Waals surface area contributed by atoms with Gasteiger partial charge in [-0.1, -0.05) is 12.1 Å². The summed E-state index contributed by atoms with van der Waals surface area (Å²) < 4.78 is 1.91. The maximum absolute atomic E-state index is 12.2. The van der Waals surface area contributed by atoms with Gasteiger partial charge in [-0.05, 0) is 57.9 Å². The zero-order valence-corrected chi connectivity index (χ0v) is 13.4. The Labute approximate surface area is 126 Å². The second-order valence-electron chi connectivity index (χ2n) is 5.72. The monoisotopic (exact) mass is 285 g/mol. The van der Waals surface area contributed by atoms with Gasteiger partial charge in [0.25, 0.3) is 0 Å². The van der Waals surface area contributed by atoms with Gasteiger partial charge in [-0.15, -0.1) is 0 Å². The Hall–Kier alpha value is -2.10. The molecule has 0 spiro atoms. The Balaban J connectivity index is 2.05. The van der Waals surface area contributed by atoms with Crippen molar-refractivity contribution in [3.63, 3.8) is 0 Å². The summed E-state index contributed by atoms with van der Waals surface area (Å²) in [5, 5.41) is 7.44. The molecule has 1 aromatic carbocycles. The van der Waals surface area contributed by atoms with Crippen LogP contribution in [0.2, 0.25) is 0 Å². The third-order valence-electron chi connectivity index (χ3n) is 3.82. The Morgan fingerprint density at radius 2 is 2.00 bits per heavy atom. The molecule has 21 heavy (non-hydrogen) atoms. The van der Waals surface area contributed by atoms with E-state index in [0.29, 0.717) is 6.42 Å². The molecule has 0 fully saturated rings. The Bertz CT molecular complexity index is 658. The van der Waals surface area contributed by atoms with E-state index in [0.717, 1.165) is 22.6 Å². The van der Waals surface area contributed by atoms with Gasteiger partial charge in [0.05, 0.1) is 11.7 Å². The van der Waals surface area contributed by atoms with Crippen LogP contribution >= 0.6 is 0 Å². The molecule has 4 heteroatoms. The molecule has 4 nitrogen and oxygen atoms in total. The zero-order valence-electron chi connectivity index (χ0n) is 13.4. The summed E-state index contributed by atoms with van der Waals surface area (Å²) in [6, 6.07) is 8.02. The van der Waals surface area contributed by atoms with E-state index in [1.54, 1.807) is 0 Å². The number of nitrogens with zero attached hydrogens (tertiary/aromatic N) is 2. The van der Waals surface area contributed by atoms with Gasteiger partial charge in [0, 0.05) is 17.8 Å². The van der Waals surface area contributed by atoms with Crippen molar-refractivity contribution < 1.29 is 4.79 Å². The van der Waals surface area contributed by atoms with Crippen molar-refractivity contribution in [2.24, 2.45) is 0 Å². The van der Waals surface area contributed by atoms with E-state index >= 15 is 0 Å². The highest BCUT2D eigenvalue weighted by Crippen LogP contribution is 2.20. The van der Waals surface area contributed by atoms with Crippen molar-refractivity contribution in [1.82, 2.24) is 9.78 Å². The van der Waals surface area contributed by atoms with Crippen LogP contribution in [0.3, 0.4) is 0 Å². The number of amides is 1. The van der Waals surface area contributed by atoms with Crippen molar-refractivity contribution in [3.05, 3.63) is 46.8 Å². The van der Waals surface area contributed by atoms with E-state index in [1.807, 2.05) is 63.6 Å². The van der Waals surface area contributed by atoms with Crippen molar-refractivity contribution in [2.45, 2.75) is 47.1 Å². The fourth-order valence-electron chi connectivity index (χ4n) is 2.53. The van der Waals surface area contributed by atoms with Gasteiger partial charge in [-0.25, -0.2) is 0 Å². The third-order valence-corrected chi connectivity index (χ3v) is 3.82. The standard InChI is InChI=1S/C17H23N3O/c1-11-7-6-8-16(15(11)5)18-17(21)10-14(4)20-13(3)9-12(2)19-20/h6-9,14H,10H2,1-5H3,(H,18,21). The lowest BCUT2D eigenvalue weighted by Gasteiger charge is -2.15. The van der Waals surface area contributed by atoms with Gasteiger partial charge in [0.2, 0.25) is 5.91 Å². The average molecular weight is 285 g/mol. The predicted octanol–water partition coefficient (Wildman–Crippen LogP) is 3.71. The van der Waals surface area contributed by atoms with Gasteiger partial charge in [-0.3, -0.25) is 9.48 Å². The van der Waals surface area contributed by atoms with Gasteiger partial charge in [0.1, 0.15) is 0 Å². The summed E-state index contributed by atoms with van der Waals surface area (Å²) in [4.78, 5) is 12.2. The lowest BCUT2D eigenvalue weighted by atomic mass is 10.1. The first-order valence-corrected chi connectivity index (χ1v) is 7.27. The quantitative estimate of drug-likeness (QED) is 0.931. The first kappa shape index (κ1) is 15.3. The highest BCUT2D eigenvalue weighted by atomic mass is 16.1. The minimum Gasteiger partial charge on any atom is -0.326 e. The summed E-state index contributed by atoms with van der Waals surface area (Å²) in [5.74, 6) is 0.0174. The number of anilines is 1. The van der Waals surface area contributed by atoms with Crippen LogP contribution in [0.1, 0.15) is 41.9 Å². The Kier molecular flexibility index (Phi) is 4.46. The third kappa shape index (κ3) is 3.51. The number of aryl methyl sites for hydroxylation is 3. The van der Waals surface area contributed by atoms with Crippen molar-refractivity contribution >= 4 is 11.6 Å². The molecule has 0 bridgehead atoms. The van der Waals surface area contributed by atoms with Crippen LogP contribution in [0.25, 0.3) is 0 Å². The molecule has 2 aromatic rings. The lowest BCUT2D eigenvalue weighted by molar-refractivity contribution is -0.116. The molecule has 0 saturated carbocycles. The van der Waals surface area contributed by atoms with Crippen molar-refractivity contribution in [3.8, 4) is 0 Å². The van der Waals surface area contributed by atoms with Crippen molar-refractivity contribution in [1.29, 1.82) is 0 Å². The molecule has 1 heterocycles. The summed E-state index contributed by atoms with van der Waals surface area (Å²) in [5.41, 5.74) is 5.25. The largest absolute Gasteiger partial charge is 0.326 e. The summed E-state index contributed by atoms with van der Waals surface area (Å²) in [7, 11) is 0. The van der Waals surface area contributed by atoms with E-state index in [4.69, 9.17) is 0 Å². The molecular weight excluding hydrogens is 262 g/mol. The molecule has 1 aromatic heterocycles. The molecular formula is C17H23N3O. The molecule has 1 amide bonds. The van der Waals surface area contributed by atoms with Gasteiger partial charge >= 0.3 is 0 Å². The van der Waals surface area contributed by atoms with E-state index in [1.165, 1.54) is 5.56 Å². The number of hydrogen-bond acceptors (Lipinski definition) is 2. The smallest absolute Gasteiger partial charge is 0.226 e. The molecule has 112 valence electrons. The summed E-state index contributed by atoms with van der Waals surface area (Å²) in [6.07, 6.45) is 0.412. The number of nitrogens with one attached hydrogen (secondary N) is 1. The van der Waals surface area contributed by atoms with Crippen LogP contribution < -0.4 is 5.32 Å². The predicted molar refractivity (Wildman–Crippen MR) is 85.6 cm³/mol. The number of hydrogen-bond donors (Lipinski definition) is 1. The Morgan fingerprint density at radius 3 is 2.62 bits per heavy atom. The van der Waals surface area contributed by atoms with E-state index in [-0.39, 0.29) is 11.9 Å². The van der Waals surface area contributed by atoms with Crippen LogP contribution in [0.5, 0.6) is 0 Å². The molecule has 1 atom stereocenters. The molecule has 0 radical (unpaired) electrons. The van der Waals surface area contributed by atoms with Gasteiger partial charge in [0.15, 0.2) is 0 Å². The van der Waals surface area contributed by atoms with Gasteiger partial charge in [-0.2, -0.15) is 5.10 Å². The first-order valence-electron chi connectivity index (χ1n) is 7.27. The molecule has 0 aliphatic carbocycles. The molecule has 1 N–H and O–H groups in total. The normalized spacial score (nSPS) is 12.2. The number of rotatable bonds is 4. The SMILES string of the molecule is Cc1cc(C)n(C(C)CC(=O)Nc2cccc(C)c2C)n1. The highest BCUT2D eigenvalue weighted by molar-refractivity contribution is 5.91. The summed E-state index contributed by atoms with van der Waals surface area (Å²) >= 11 is 0. The van der Waals surface area contributed by atoms with Crippen molar-refractivity contribution in [2.75, 3.05) is 5.32 Å². The average Bonchev–Trinajstić information content (AvgIpc) is 2.74. The molecule has 0 aliphatic rings. The zero-order chi connectivity index (χ0) is 15.6. The van der Waals surface area contributed by atoms with Crippen LogP contribution in [0.4, 0.5) is 5.69 Å². The molecule has 1 unspecified atom stereocenters. The molecule has 0 saturated heterocycles.